The molecule has 5 rings (SSSR count). The highest BCUT2D eigenvalue weighted by Gasteiger charge is 2.15. The largest absolute Gasteiger partial charge is 0.347 e. The monoisotopic (exact) mass is 386 g/mol. The van der Waals surface area contributed by atoms with Gasteiger partial charge >= 0.3 is 0 Å². The van der Waals surface area contributed by atoms with E-state index in [0.29, 0.717) is 12.5 Å². The Morgan fingerprint density at radius 2 is 2.03 bits per heavy atom. The van der Waals surface area contributed by atoms with Gasteiger partial charge in [0.05, 0.1) is 24.1 Å². The molecule has 4 aromatic rings. The van der Waals surface area contributed by atoms with Gasteiger partial charge in [-0.1, -0.05) is 18.2 Å². The van der Waals surface area contributed by atoms with Gasteiger partial charge in [0.15, 0.2) is 5.82 Å². The SMILES string of the molecule is Cc1ccccc1-n1cc(-c2ccnc(NCc3nnc4n3CCCC4)n2)cn1. The summed E-state index contributed by atoms with van der Waals surface area (Å²) in [6.07, 6.45) is 8.94. The Hall–Kier alpha value is -3.55. The standard InChI is InChI=1S/C21H22N8/c1-15-6-2-3-7-18(15)29-14-16(12-24-29)17-9-10-22-21(25-17)23-13-20-27-26-19-8-4-5-11-28(19)20/h2-3,6-7,9-10,12,14H,4-5,8,11,13H2,1H3,(H,22,23,25). The quantitative estimate of drug-likeness (QED) is 0.567. The molecule has 146 valence electrons. The number of fused-ring (bicyclic) bond motifs is 1. The van der Waals surface area contributed by atoms with Crippen LogP contribution in [0.2, 0.25) is 0 Å². The van der Waals surface area contributed by atoms with Crippen molar-refractivity contribution in [1.29, 1.82) is 0 Å². The maximum absolute atomic E-state index is 4.65. The fraction of sp³-hybridized carbons (Fsp3) is 0.286. The molecule has 0 aliphatic carbocycles. The molecule has 0 fully saturated rings. The lowest BCUT2D eigenvalue weighted by Crippen LogP contribution is -2.15. The van der Waals surface area contributed by atoms with Crippen LogP contribution in [0.1, 0.15) is 30.1 Å². The lowest BCUT2D eigenvalue weighted by molar-refractivity contribution is 0.509. The Morgan fingerprint density at radius 3 is 2.97 bits per heavy atom. The summed E-state index contributed by atoms with van der Waals surface area (Å²) in [5.41, 5.74) is 4.00. The van der Waals surface area contributed by atoms with E-state index >= 15 is 0 Å². The molecular weight excluding hydrogens is 364 g/mol. The Kier molecular flexibility index (Phi) is 4.51. The van der Waals surface area contributed by atoms with E-state index in [-0.39, 0.29) is 0 Å². The van der Waals surface area contributed by atoms with Crippen molar-refractivity contribution in [2.75, 3.05) is 5.32 Å². The van der Waals surface area contributed by atoms with Crippen molar-refractivity contribution in [3.63, 3.8) is 0 Å². The minimum absolute atomic E-state index is 0.554. The van der Waals surface area contributed by atoms with Crippen molar-refractivity contribution in [3.8, 4) is 16.9 Å². The Bertz CT molecular complexity index is 1140. The molecule has 4 heterocycles. The summed E-state index contributed by atoms with van der Waals surface area (Å²) in [7, 11) is 0. The number of aromatic nitrogens is 7. The van der Waals surface area contributed by atoms with Crippen LogP contribution in [0.25, 0.3) is 16.9 Å². The van der Waals surface area contributed by atoms with Crippen LogP contribution in [0.5, 0.6) is 0 Å². The number of rotatable bonds is 5. The molecule has 1 aromatic carbocycles. The number of hydrogen-bond acceptors (Lipinski definition) is 6. The minimum atomic E-state index is 0.554. The molecule has 3 aromatic heterocycles. The summed E-state index contributed by atoms with van der Waals surface area (Å²) >= 11 is 0. The molecule has 0 saturated carbocycles. The van der Waals surface area contributed by atoms with Gasteiger partial charge < -0.3 is 9.88 Å². The predicted molar refractivity (Wildman–Crippen MR) is 110 cm³/mol. The first-order chi connectivity index (χ1) is 14.3. The van der Waals surface area contributed by atoms with Crippen molar-refractivity contribution in [1.82, 2.24) is 34.5 Å². The van der Waals surface area contributed by atoms with Crippen molar-refractivity contribution in [2.45, 2.75) is 39.3 Å². The summed E-state index contributed by atoms with van der Waals surface area (Å²) in [4.78, 5) is 9.00. The summed E-state index contributed by atoms with van der Waals surface area (Å²) < 4.78 is 4.08. The van der Waals surface area contributed by atoms with E-state index in [9.17, 15) is 0 Å². The number of anilines is 1. The number of nitrogens with zero attached hydrogens (tertiary/aromatic N) is 7. The van der Waals surface area contributed by atoms with Crippen LogP contribution in [0.3, 0.4) is 0 Å². The topological polar surface area (TPSA) is 86.3 Å². The van der Waals surface area contributed by atoms with Gasteiger partial charge in [-0.15, -0.1) is 10.2 Å². The van der Waals surface area contributed by atoms with Gasteiger partial charge in [0.1, 0.15) is 5.82 Å². The molecule has 0 unspecified atom stereocenters. The van der Waals surface area contributed by atoms with E-state index in [4.69, 9.17) is 0 Å². The fourth-order valence-electron chi connectivity index (χ4n) is 3.67. The number of benzene rings is 1. The van der Waals surface area contributed by atoms with Gasteiger partial charge in [0.25, 0.3) is 0 Å². The minimum Gasteiger partial charge on any atom is -0.347 e. The van der Waals surface area contributed by atoms with Crippen LogP contribution in [0, 0.1) is 6.92 Å². The van der Waals surface area contributed by atoms with Crippen LogP contribution in [0.15, 0.2) is 48.9 Å². The van der Waals surface area contributed by atoms with Crippen LogP contribution in [-0.4, -0.2) is 34.5 Å². The maximum Gasteiger partial charge on any atom is 0.223 e. The van der Waals surface area contributed by atoms with Crippen LogP contribution in [0.4, 0.5) is 5.95 Å². The van der Waals surface area contributed by atoms with Gasteiger partial charge in [-0.25, -0.2) is 14.6 Å². The predicted octanol–water partition coefficient (Wildman–Crippen LogP) is 3.18. The number of aryl methyl sites for hydroxylation is 2. The molecule has 1 aliphatic rings. The zero-order chi connectivity index (χ0) is 19.6. The third-order valence-electron chi connectivity index (χ3n) is 5.24. The highest BCUT2D eigenvalue weighted by atomic mass is 15.3. The third kappa shape index (κ3) is 3.49. The zero-order valence-electron chi connectivity index (χ0n) is 16.3. The van der Waals surface area contributed by atoms with Gasteiger partial charge in [-0.05, 0) is 37.5 Å². The number of hydrogen-bond donors (Lipinski definition) is 1. The van der Waals surface area contributed by atoms with Crippen LogP contribution >= 0.6 is 0 Å². The first-order valence-electron chi connectivity index (χ1n) is 9.87. The van der Waals surface area contributed by atoms with E-state index in [1.165, 1.54) is 18.4 Å². The maximum atomic E-state index is 4.65. The van der Waals surface area contributed by atoms with Crippen molar-refractivity contribution < 1.29 is 0 Å². The summed E-state index contributed by atoms with van der Waals surface area (Å²) in [5.74, 6) is 2.58. The van der Waals surface area contributed by atoms with Crippen molar-refractivity contribution in [2.24, 2.45) is 0 Å². The van der Waals surface area contributed by atoms with E-state index in [0.717, 1.165) is 41.6 Å². The molecular formula is C21H22N8. The van der Waals surface area contributed by atoms with E-state index < -0.39 is 0 Å². The number of nitrogens with one attached hydrogen (secondary N) is 1. The Balaban J connectivity index is 1.34. The van der Waals surface area contributed by atoms with Gasteiger partial charge in [0, 0.05) is 30.9 Å². The normalized spacial score (nSPS) is 13.3. The summed E-state index contributed by atoms with van der Waals surface area (Å²) in [6, 6.07) is 10.1. The van der Waals surface area contributed by atoms with E-state index in [1.54, 1.807) is 6.20 Å². The highest BCUT2D eigenvalue weighted by Crippen LogP contribution is 2.21. The average Bonchev–Trinajstić information content (AvgIpc) is 3.40. The lowest BCUT2D eigenvalue weighted by atomic mass is 10.2. The molecule has 8 nitrogen and oxygen atoms in total. The molecule has 0 radical (unpaired) electrons. The second-order valence-corrected chi connectivity index (χ2v) is 7.22. The average molecular weight is 386 g/mol. The molecule has 0 spiro atoms. The molecule has 8 heteroatoms. The van der Waals surface area contributed by atoms with Gasteiger partial charge in [0.2, 0.25) is 5.95 Å². The fourth-order valence-corrected chi connectivity index (χ4v) is 3.67. The molecule has 0 amide bonds. The zero-order valence-corrected chi connectivity index (χ0v) is 16.3. The van der Waals surface area contributed by atoms with E-state index in [1.807, 2.05) is 35.3 Å². The molecule has 0 bridgehead atoms. The highest BCUT2D eigenvalue weighted by molar-refractivity contribution is 5.59. The number of para-hydroxylation sites is 1. The van der Waals surface area contributed by atoms with Crippen molar-refractivity contribution in [3.05, 3.63) is 66.1 Å². The Labute approximate surface area is 168 Å². The van der Waals surface area contributed by atoms with Gasteiger partial charge in [-0.2, -0.15) is 5.10 Å². The molecule has 29 heavy (non-hydrogen) atoms. The van der Waals surface area contributed by atoms with E-state index in [2.05, 4.69) is 54.2 Å². The first-order valence-corrected chi connectivity index (χ1v) is 9.87. The van der Waals surface area contributed by atoms with Crippen molar-refractivity contribution >= 4 is 5.95 Å². The molecule has 1 N–H and O–H groups in total. The summed E-state index contributed by atoms with van der Waals surface area (Å²) in [5, 5.41) is 16.4. The van der Waals surface area contributed by atoms with Crippen LogP contribution < -0.4 is 5.32 Å². The van der Waals surface area contributed by atoms with Gasteiger partial charge in [-0.3, -0.25) is 0 Å². The molecule has 0 saturated heterocycles. The van der Waals surface area contributed by atoms with Crippen LogP contribution in [-0.2, 0) is 19.5 Å². The molecule has 0 atom stereocenters. The lowest BCUT2D eigenvalue weighted by Gasteiger charge is -2.14. The molecule has 1 aliphatic heterocycles. The smallest absolute Gasteiger partial charge is 0.223 e. The summed E-state index contributed by atoms with van der Waals surface area (Å²) in [6.45, 7) is 3.61. The second kappa shape index (κ2) is 7.46. The Morgan fingerprint density at radius 1 is 1.10 bits per heavy atom. The first kappa shape index (κ1) is 17.5. The second-order valence-electron chi connectivity index (χ2n) is 7.22. The third-order valence-corrected chi connectivity index (χ3v) is 5.24.